The average Bonchev–Trinajstić information content (AvgIpc) is 2.01. The highest BCUT2D eigenvalue weighted by Gasteiger charge is 2.24. The highest BCUT2D eigenvalue weighted by Crippen LogP contribution is 2.20. The van der Waals surface area contributed by atoms with Crippen LogP contribution in [0.3, 0.4) is 0 Å². The highest BCUT2D eigenvalue weighted by atomic mass is 16.3. The molecular weight excluding hydrogens is 162 g/mol. The Hall–Kier alpha value is -0.0800. The second-order valence-corrected chi connectivity index (χ2v) is 5.08. The maximum Gasteiger partial charge on any atom is 0.0715 e. The molecule has 0 aliphatic rings. The summed E-state index contributed by atoms with van der Waals surface area (Å²) in [6.45, 7) is 11.3. The summed E-state index contributed by atoms with van der Waals surface area (Å²) in [5.41, 5.74) is -0.0122. The van der Waals surface area contributed by atoms with Crippen molar-refractivity contribution in [3.63, 3.8) is 0 Å². The van der Waals surface area contributed by atoms with Crippen LogP contribution in [0.4, 0.5) is 0 Å². The minimum atomic E-state index is -0.244. The minimum Gasteiger partial charge on any atom is -0.391 e. The van der Waals surface area contributed by atoms with Crippen LogP contribution in [-0.4, -0.2) is 35.7 Å². The molecule has 0 spiro atoms. The first-order chi connectivity index (χ1) is 5.79. The normalized spacial score (nSPS) is 17.5. The molecule has 1 N–H and O–H groups in total. The van der Waals surface area contributed by atoms with Crippen molar-refractivity contribution in [3.8, 4) is 0 Å². The van der Waals surface area contributed by atoms with Crippen LogP contribution in [0.15, 0.2) is 0 Å². The Morgan fingerprint density at radius 3 is 2.08 bits per heavy atom. The maximum atomic E-state index is 9.86. The van der Waals surface area contributed by atoms with E-state index in [0.29, 0.717) is 6.04 Å². The third kappa shape index (κ3) is 4.63. The molecule has 0 rings (SSSR count). The van der Waals surface area contributed by atoms with Gasteiger partial charge in [0, 0.05) is 12.6 Å². The van der Waals surface area contributed by atoms with Gasteiger partial charge in [-0.25, -0.2) is 0 Å². The van der Waals surface area contributed by atoms with Gasteiger partial charge in [-0.1, -0.05) is 27.7 Å². The van der Waals surface area contributed by atoms with Crippen molar-refractivity contribution in [2.24, 2.45) is 5.41 Å². The second-order valence-electron chi connectivity index (χ2n) is 5.08. The van der Waals surface area contributed by atoms with Crippen LogP contribution in [0.5, 0.6) is 0 Å². The number of rotatable bonds is 4. The van der Waals surface area contributed by atoms with E-state index in [-0.39, 0.29) is 11.5 Å². The molecule has 2 heteroatoms. The molecule has 0 aromatic heterocycles. The monoisotopic (exact) mass is 187 g/mol. The van der Waals surface area contributed by atoms with E-state index in [2.05, 4.69) is 46.6 Å². The van der Waals surface area contributed by atoms with Crippen molar-refractivity contribution < 1.29 is 5.11 Å². The summed E-state index contributed by atoms with van der Waals surface area (Å²) in [6, 6.07) is 0.553. The maximum absolute atomic E-state index is 9.86. The third-order valence-electron chi connectivity index (χ3n) is 2.80. The first-order valence-electron chi connectivity index (χ1n) is 5.17. The van der Waals surface area contributed by atoms with E-state index < -0.39 is 0 Å². The van der Waals surface area contributed by atoms with Crippen molar-refractivity contribution >= 4 is 0 Å². The van der Waals surface area contributed by atoms with Gasteiger partial charge in [0.1, 0.15) is 0 Å². The molecule has 0 heterocycles. The number of aliphatic hydroxyl groups excluding tert-OH is 1. The number of aliphatic hydroxyl groups is 1. The lowest BCUT2D eigenvalue weighted by atomic mass is 9.89. The zero-order chi connectivity index (χ0) is 10.6. The Morgan fingerprint density at radius 1 is 1.31 bits per heavy atom. The highest BCUT2D eigenvalue weighted by molar-refractivity contribution is 4.76. The Bertz CT molecular complexity index is 140. The zero-order valence-corrected chi connectivity index (χ0v) is 9.96. The van der Waals surface area contributed by atoms with E-state index in [9.17, 15) is 5.11 Å². The SMILES string of the molecule is CCC(C)N(C)CC(O)C(C)(C)C. The third-order valence-corrected chi connectivity index (χ3v) is 2.80. The fourth-order valence-electron chi connectivity index (χ4n) is 1.04. The lowest BCUT2D eigenvalue weighted by molar-refractivity contribution is 0.0259. The van der Waals surface area contributed by atoms with Gasteiger partial charge in [-0.05, 0) is 25.8 Å². The lowest BCUT2D eigenvalue weighted by Gasteiger charge is -2.32. The van der Waals surface area contributed by atoms with E-state index in [1.165, 1.54) is 0 Å². The predicted octanol–water partition coefficient (Wildman–Crippen LogP) is 2.12. The Kier molecular flexibility index (Phi) is 4.93. The summed E-state index contributed by atoms with van der Waals surface area (Å²) >= 11 is 0. The number of nitrogens with zero attached hydrogens (tertiary/aromatic N) is 1. The van der Waals surface area contributed by atoms with Crippen LogP contribution in [0.25, 0.3) is 0 Å². The lowest BCUT2D eigenvalue weighted by Crippen LogP contribution is -2.41. The minimum absolute atomic E-state index is 0.0122. The molecule has 0 radical (unpaired) electrons. The van der Waals surface area contributed by atoms with E-state index in [1.54, 1.807) is 0 Å². The summed E-state index contributed by atoms with van der Waals surface area (Å²) in [4.78, 5) is 2.22. The molecular formula is C11H25NO. The summed E-state index contributed by atoms with van der Waals surface area (Å²) < 4.78 is 0. The molecule has 0 saturated carbocycles. The summed E-state index contributed by atoms with van der Waals surface area (Å²) in [7, 11) is 2.07. The molecule has 0 aliphatic heterocycles. The van der Waals surface area contributed by atoms with Gasteiger partial charge in [-0.2, -0.15) is 0 Å². The first-order valence-corrected chi connectivity index (χ1v) is 5.17. The van der Waals surface area contributed by atoms with Gasteiger partial charge in [0.25, 0.3) is 0 Å². The number of hydrogen-bond donors (Lipinski definition) is 1. The molecule has 13 heavy (non-hydrogen) atoms. The van der Waals surface area contributed by atoms with E-state index >= 15 is 0 Å². The molecule has 0 aromatic carbocycles. The molecule has 0 aromatic rings. The van der Waals surface area contributed by atoms with Crippen LogP contribution in [-0.2, 0) is 0 Å². The van der Waals surface area contributed by atoms with Crippen LogP contribution >= 0.6 is 0 Å². The largest absolute Gasteiger partial charge is 0.391 e. The molecule has 2 atom stereocenters. The molecule has 0 aliphatic carbocycles. The van der Waals surface area contributed by atoms with Crippen molar-refractivity contribution in [3.05, 3.63) is 0 Å². The van der Waals surface area contributed by atoms with E-state index in [0.717, 1.165) is 13.0 Å². The van der Waals surface area contributed by atoms with Crippen molar-refractivity contribution in [1.29, 1.82) is 0 Å². The van der Waals surface area contributed by atoms with E-state index in [4.69, 9.17) is 0 Å². The standard InChI is InChI=1S/C11H25NO/c1-7-9(2)12(6)8-10(13)11(3,4)5/h9-10,13H,7-8H2,1-6H3. The van der Waals surface area contributed by atoms with Crippen molar-refractivity contribution in [1.82, 2.24) is 4.90 Å². The molecule has 0 amide bonds. The number of hydrogen-bond acceptors (Lipinski definition) is 2. The fourth-order valence-corrected chi connectivity index (χ4v) is 1.04. The van der Waals surface area contributed by atoms with Crippen molar-refractivity contribution in [2.45, 2.75) is 53.2 Å². The van der Waals surface area contributed by atoms with Gasteiger partial charge >= 0.3 is 0 Å². The number of likely N-dealkylation sites (N-methyl/N-ethyl adjacent to an activating group) is 1. The van der Waals surface area contributed by atoms with Crippen LogP contribution in [0.2, 0.25) is 0 Å². The van der Waals surface area contributed by atoms with Gasteiger partial charge in [0.2, 0.25) is 0 Å². The first kappa shape index (κ1) is 12.9. The van der Waals surface area contributed by atoms with Crippen molar-refractivity contribution in [2.75, 3.05) is 13.6 Å². The summed E-state index contributed by atoms with van der Waals surface area (Å²) in [6.07, 6.45) is 0.888. The van der Waals surface area contributed by atoms with Crippen LogP contribution in [0.1, 0.15) is 41.0 Å². The molecule has 80 valence electrons. The second kappa shape index (κ2) is 4.97. The molecule has 0 fully saturated rings. The average molecular weight is 187 g/mol. The van der Waals surface area contributed by atoms with Gasteiger partial charge in [-0.3, -0.25) is 0 Å². The fraction of sp³-hybridized carbons (Fsp3) is 1.00. The quantitative estimate of drug-likeness (QED) is 0.729. The summed E-state index contributed by atoms with van der Waals surface area (Å²) in [5, 5.41) is 9.86. The Labute approximate surface area is 82.9 Å². The molecule has 0 saturated heterocycles. The smallest absolute Gasteiger partial charge is 0.0715 e. The van der Waals surface area contributed by atoms with Gasteiger partial charge in [0.15, 0.2) is 0 Å². The van der Waals surface area contributed by atoms with Gasteiger partial charge in [-0.15, -0.1) is 0 Å². The Balaban J connectivity index is 3.98. The van der Waals surface area contributed by atoms with Gasteiger partial charge < -0.3 is 10.0 Å². The molecule has 2 unspecified atom stereocenters. The topological polar surface area (TPSA) is 23.5 Å². The molecule has 0 bridgehead atoms. The summed E-state index contributed by atoms with van der Waals surface area (Å²) in [5.74, 6) is 0. The van der Waals surface area contributed by atoms with Crippen LogP contribution in [0, 0.1) is 5.41 Å². The Morgan fingerprint density at radius 2 is 1.77 bits per heavy atom. The molecule has 2 nitrogen and oxygen atoms in total. The van der Waals surface area contributed by atoms with Gasteiger partial charge in [0.05, 0.1) is 6.10 Å². The zero-order valence-electron chi connectivity index (χ0n) is 9.96. The predicted molar refractivity (Wildman–Crippen MR) is 57.8 cm³/mol. The van der Waals surface area contributed by atoms with Crippen LogP contribution < -0.4 is 0 Å². The van der Waals surface area contributed by atoms with E-state index in [1.807, 2.05) is 0 Å².